The van der Waals surface area contributed by atoms with Gasteiger partial charge in [0.1, 0.15) is 10.9 Å². The zero-order valence-electron chi connectivity index (χ0n) is 14.9. The van der Waals surface area contributed by atoms with Gasteiger partial charge in [0.25, 0.3) is 5.91 Å². The molecule has 2 N–H and O–H groups in total. The lowest BCUT2D eigenvalue weighted by molar-refractivity contribution is -0.129. The minimum Gasteiger partial charge on any atom is -0.465 e. The second-order valence-electron chi connectivity index (χ2n) is 6.16. The molecule has 0 saturated carbocycles. The monoisotopic (exact) mass is 438 g/mol. The number of carbonyl (C=O) groups excluding carboxylic acids is 3. The molecule has 2 heterocycles. The molecule has 2 atom stereocenters. The Morgan fingerprint density at radius 3 is 2.68 bits per heavy atom. The number of thioether (sulfide) groups is 2. The Morgan fingerprint density at radius 1 is 1.36 bits per heavy atom. The second kappa shape index (κ2) is 9.08. The fourth-order valence-electron chi connectivity index (χ4n) is 2.70. The Morgan fingerprint density at radius 2 is 2.07 bits per heavy atom. The predicted molar refractivity (Wildman–Crippen MR) is 113 cm³/mol. The van der Waals surface area contributed by atoms with Crippen LogP contribution in [0.15, 0.2) is 29.2 Å². The third-order valence-corrected chi connectivity index (χ3v) is 6.75. The van der Waals surface area contributed by atoms with Gasteiger partial charge in [-0.3, -0.25) is 14.5 Å². The first-order valence-electron chi connectivity index (χ1n) is 8.38. The van der Waals surface area contributed by atoms with Crippen molar-refractivity contribution in [1.29, 1.82) is 0 Å². The number of esters is 1. The van der Waals surface area contributed by atoms with E-state index < -0.39 is 12.1 Å². The zero-order chi connectivity index (χ0) is 20.3. The van der Waals surface area contributed by atoms with Crippen LogP contribution in [0, 0.1) is 0 Å². The fraction of sp³-hybridized carbons (Fsp3) is 0.333. The van der Waals surface area contributed by atoms with Crippen LogP contribution in [0.3, 0.4) is 0 Å². The first kappa shape index (κ1) is 20.8. The maximum absolute atomic E-state index is 12.6. The third kappa shape index (κ3) is 4.75. The summed E-state index contributed by atoms with van der Waals surface area (Å²) in [7, 11) is 1.31. The number of hydrogen-bond donors (Lipinski definition) is 2. The first-order chi connectivity index (χ1) is 13.4. The number of aliphatic hydroxyl groups excluding tert-OH is 1. The second-order valence-corrected chi connectivity index (χ2v) is 8.91. The molecule has 2 aliphatic heterocycles. The highest BCUT2D eigenvalue weighted by Crippen LogP contribution is 2.32. The Bertz CT molecular complexity index is 840. The highest BCUT2D eigenvalue weighted by molar-refractivity contribution is 8.26. The predicted octanol–water partition coefficient (Wildman–Crippen LogP) is 1.27. The molecule has 2 amide bonds. The summed E-state index contributed by atoms with van der Waals surface area (Å²) in [5.74, 6) is 0.0979. The van der Waals surface area contributed by atoms with E-state index >= 15 is 0 Å². The molecule has 1 aromatic carbocycles. The molecule has 7 nitrogen and oxygen atoms in total. The summed E-state index contributed by atoms with van der Waals surface area (Å²) in [4.78, 5) is 38.0. The van der Waals surface area contributed by atoms with Gasteiger partial charge in [-0.2, -0.15) is 11.8 Å². The van der Waals surface area contributed by atoms with Crippen molar-refractivity contribution in [3.63, 3.8) is 0 Å². The van der Waals surface area contributed by atoms with Gasteiger partial charge in [-0.25, -0.2) is 4.79 Å². The average Bonchev–Trinajstić information content (AvgIpc) is 3.19. The normalized spacial score (nSPS) is 23.4. The van der Waals surface area contributed by atoms with Crippen molar-refractivity contribution in [2.75, 3.05) is 25.2 Å². The minimum atomic E-state index is -0.576. The molecule has 0 aliphatic carbocycles. The molecule has 10 heteroatoms. The summed E-state index contributed by atoms with van der Waals surface area (Å²) >= 11 is 7.93. The fourth-order valence-corrected chi connectivity index (χ4v) is 5.12. The number of benzene rings is 1. The number of ether oxygens (including phenoxy) is 1. The largest absolute Gasteiger partial charge is 0.465 e. The molecule has 1 aromatic rings. The lowest BCUT2D eigenvalue weighted by Crippen LogP contribution is -2.47. The summed E-state index contributed by atoms with van der Waals surface area (Å²) in [5.41, 5.74) is 1.14. The van der Waals surface area contributed by atoms with Crippen LogP contribution >= 0.6 is 35.7 Å². The van der Waals surface area contributed by atoms with Crippen molar-refractivity contribution in [2.45, 2.75) is 12.1 Å². The van der Waals surface area contributed by atoms with Gasteiger partial charge < -0.3 is 15.2 Å². The van der Waals surface area contributed by atoms with Crippen LogP contribution in [-0.4, -0.2) is 69.4 Å². The third-order valence-electron chi connectivity index (χ3n) is 4.20. The van der Waals surface area contributed by atoms with Gasteiger partial charge in [-0.1, -0.05) is 36.1 Å². The van der Waals surface area contributed by atoms with Crippen LogP contribution in [0.25, 0.3) is 6.08 Å². The van der Waals surface area contributed by atoms with Gasteiger partial charge in [0.15, 0.2) is 0 Å². The van der Waals surface area contributed by atoms with Gasteiger partial charge in [0.2, 0.25) is 5.91 Å². The number of hydrogen-bond acceptors (Lipinski definition) is 8. The topological polar surface area (TPSA) is 95.9 Å². The number of nitrogens with one attached hydrogen (secondary N) is 1. The molecule has 0 radical (unpaired) electrons. The van der Waals surface area contributed by atoms with Crippen molar-refractivity contribution < 1.29 is 24.2 Å². The van der Waals surface area contributed by atoms with E-state index in [1.807, 2.05) is 0 Å². The summed E-state index contributed by atoms with van der Waals surface area (Å²) < 4.78 is 4.96. The first-order valence-corrected chi connectivity index (χ1v) is 10.8. The van der Waals surface area contributed by atoms with E-state index in [1.165, 1.54) is 12.0 Å². The zero-order valence-corrected chi connectivity index (χ0v) is 17.4. The Balaban J connectivity index is 1.64. The Hall–Kier alpha value is -1.88. The van der Waals surface area contributed by atoms with E-state index in [0.717, 1.165) is 17.3 Å². The van der Waals surface area contributed by atoms with Gasteiger partial charge in [0, 0.05) is 11.5 Å². The molecule has 0 aromatic heterocycles. The maximum Gasteiger partial charge on any atom is 0.337 e. The van der Waals surface area contributed by atoms with Crippen molar-refractivity contribution in [1.82, 2.24) is 10.2 Å². The van der Waals surface area contributed by atoms with E-state index in [0.29, 0.717) is 26.3 Å². The summed E-state index contributed by atoms with van der Waals surface area (Å²) in [6.45, 7) is -0.183. The smallest absolute Gasteiger partial charge is 0.337 e. The van der Waals surface area contributed by atoms with Crippen LogP contribution in [0.5, 0.6) is 0 Å². The summed E-state index contributed by atoms with van der Waals surface area (Å²) in [5, 5.41) is 12.5. The number of rotatable bonds is 5. The molecule has 0 spiro atoms. The maximum atomic E-state index is 12.6. The van der Waals surface area contributed by atoms with E-state index in [4.69, 9.17) is 12.2 Å². The number of aliphatic hydroxyl groups is 1. The summed E-state index contributed by atoms with van der Waals surface area (Å²) in [6, 6.07) is 6.31. The van der Waals surface area contributed by atoms with Crippen LogP contribution < -0.4 is 5.32 Å². The Kier molecular flexibility index (Phi) is 6.76. The van der Waals surface area contributed by atoms with E-state index in [2.05, 4.69) is 10.1 Å². The van der Waals surface area contributed by atoms with Crippen LogP contribution in [-0.2, 0) is 14.3 Å². The molecule has 2 aliphatic rings. The number of amides is 2. The molecule has 2 fully saturated rings. The molecule has 2 saturated heterocycles. The van der Waals surface area contributed by atoms with E-state index in [-0.39, 0.29) is 24.4 Å². The summed E-state index contributed by atoms with van der Waals surface area (Å²) in [6.07, 6.45) is 1.09. The van der Waals surface area contributed by atoms with Crippen molar-refractivity contribution in [2.24, 2.45) is 0 Å². The lowest BCUT2D eigenvalue weighted by Gasteiger charge is -2.18. The molecule has 28 heavy (non-hydrogen) atoms. The standard InChI is InChI=1S/C18H18N2O5S3/c1-25-17(24)11-4-2-10(3-5-11)6-14-16(23)20(18(26)28-14)7-15(22)19-12-8-27-9-13(12)21/h2-6,12-13,21H,7-9H2,1H3,(H,19,22)/b14-6-/t12-,13-/m1/s1. The van der Waals surface area contributed by atoms with Crippen LogP contribution in [0.1, 0.15) is 15.9 Å². The van der Waals surface area contributed by atoms with Crippen molar-refractivity contribution >= 4 is 63.9 Å². The van der Waals surface area contributed by atoms with Gasteiger partial charge >= 0.3 is 5.97 Å². The molecular formula is C18H18N2O5S3. The van der Waals surface area contributed by atoms with E-state index in [1.54, 1.807) is 42.1 Å². The quantitative estimate of drug-likeness (QED) is 0.403. The minimum absolute atomic E-state index is 0.183. The van der Waals surface area contributed by atoms with Crippen molar-refractivity contribution in [3.05, 3.63) is 40.3 Å². The van der Waals surface area contributed by atoms with Crippen LogP contribution in [0.4, 0.5) is 0 Å². The average molecular weight is 439 g/mol. The van der Waals surface area contributed by atoms with Crippen LogP contribution in [0.2, 0.25) is 0 Å². The lowest BCUT2D eigenvalue weighted by atomic mass is 10.1. The highest BCUT2D eigenvalue weighted by atomic mass is 32.2. The van der Waals surface area contributed by atoms with Gasteiger partial charge in [-0.15, -0.1) is 0 Å². The molecular weight excluding hydrogens is 420 g/mol. The number of nitrogens with zero attached hydrogens (tertiary/aromatic N) is 1. The Labute approximate surface area is 175 Å². The van der Waals surface area contributed by atoms with E-state index in [9.17, 15) is 19.5 Å². The van der Waals surface area contributed by atoms with Gasteiger partial charge in [0.05, 0.1) is 29.7 Å². The SMILES string of the molecule is COC(=O)c1ccc(/C=C2\SC(=S)N(CC(=O)N[C@@H]3CSC[C@H]3O)C2=O)cc1. The number of methoxy groups -OCH3 is 1. The molecule has 3 rings (SSSR count). The molecule has 0 bridgehead atoms. The number of carbonyl (C=O) groups is 3. The highest BCUT2D eigenvalue weighted by Gasteiger charge is 2.34. The van der Waals surface area contributed by atoms with Gasteiger partial charge in [-0.05, 0) is 23.8 Å². The number of thiocarbonyl (C=S) groups is 1. The molecule has 0 unspecified atom stereocenters. The molecule has 148 valence electrons. The van der Waals surface area contributed by atoms with Crippen molar-refractivity contribution in [3.8, 4) is 0 Å².